The van der Waals surface area contributed by atoms with Crippen LogP contribution in [0.15, 0.2) is 91.6 Å². The Balaban J connectivity index is 1.64. The first-order chi connectivity index (χ1) is 15.7. The average Bonchev–Trinajstić information content (AvgIpc) is 3.49. The van der Waals surface area contributed by atoms with Crippen LogP contribution in [0.25, 0.3) is 21.9 Å². The number of nitrogens with one attached hydrogen (secondary N) is 1. The van der Waals surface area contributed by atoms with Crippen molar-refractivity contribution in [1.82, 2.24) is 14.5 Å². The zero-order valence-electron chi connectivity index (χ0n) is 17.8. The monoisotopic (exact) mass is 437 g/mol. The molecule has 0 atom stereocenters. The topological polar surface area (TPSA) is 50.7 Å². The summed E-state index contributed by atoms with van der Waals surface area (Å²) in [5.41, 5.74) is 5.59. The number of aromatic amines is 1. The molecule has 2 aromatic heterocycles. The number of imidazole rings is 1. The van der Waals surface area contributed by atoms with Crippen LogP contribution in [0.1, 0.15) is 27.2 Å². The van der Waals surface area contributed by atoms with E-state index in [0.717, 1.165) is 44.5 Å². The second-order valence-electron chi connectivity index (χ2n) is 7.82. The summed E-state index contributed by atoms with van der Waals surface area (Å²) in [5, 5.41) is 2.30. The third-order valence-electron chi connectivity index (χ3n) is 5.61. The van der Waals surface area contributed by atoms with Crippen LogP contribution in [0.3, 0.4) is 0 Å². The van der Waals surface area contributed by atoms with Crippen LogP contribution < -0.4 is 0 Å². The molecule has 32 heavy (non-hydrogen) atoms. The highest BCUT2D eigenvalue weighted by Gasteiger charge is 2.19. The predicted octanol–water partition coefficient (Wildman–Crippen LogP) is 6.17. The number of fused-ring (bicyclic) bond motifs is 1. The molecule has 0 unspecified atom stereocenters. The molecular weight excluding hydrogens is 414 g/mol. The normalized spacial score (nSPS) is 11.2. The molecule has 5 aromatic rings. The first-order valence-corrected chi connectivity index (χ1v) is 11.9. The van der Waals surface area contributed by atoms with Crippen LogP contribution in [-0.2, 0) is 12.3 Å². The van der Waals surface area contributed by atoms with Crippen molar-refractivity contribution in [2.24, 2.45) is 0 Å². The molecule has 158 valence electrons. The van der Waals surface area contributed by atoms with Gasteiger partial charge in [-0.3, -0.25) is 4.79 Å². The van der Waals surface area contributed by atoms with Gasteiger partial charge in [-0.1, -0.05) is 60.7 Å². The molecule has 0 aliphatic carbocycles. The molecule has 3 aromatic carbocycles. The van der Waals surface area contributed by atoms with Crippen molar-refractivity contribution in [3.63, 3.8) is 0 Å². The Kier molecular flexibility index (Phi) is 5.65. The summed E-state index contributed by atoms with van der Waals surface area (Å²) in [6.07, 6.45) is 9.59. The van der Waals surface area contributed by atoms with E-state index in [1.807, 2.05) is 42.7 Å². The van der Waals surface area contributed by atoms with Crippen LogP contribution in [0, 0.1) is 0 Å². The number of carbonyl (C=O) groups excluding carboxylic acids is 1. The number of ketones is 1. The lowest BCUT2D eigenvalue weighted by atomic mass is 9.94. The van der Waals surface area contributed by atoms with Gasteiger partial charge in [0.05, 0.1) is 18.6 Å². The van der Waals surface area contributed by atoms with Gasteiger partial charge in [0.2, 0.25) is 0 Å². The molecule has 2 heterocycles. The maximum atomic E-state index is 13.7. The van der Waals surface area contributed by atoms with Crippen LogP contribution in [0.4, 0.5) is 0 Å². The van der Waals surface area contributed by atoms with E-state index >= 15 is 0 Å². The summed E-state index contributed by atoms with van der Waals surface area (Å²) in [7, 11) is 0. The molecule has 0 radical (unpaired) electrons. The minimum Gasteiger partial charge on any atom is -0.347 e. The van der Waals surface area contributed by atoms with Gasteiger partial charge in [0.25, 0.3) is 0 Å². The lowest BCUT2D eigenvalue weighted by Crippen LogP contribution is -2.03. The molecule has 0 bridgehead atoms. The molecule has 0 spiro atoms. The summed E-state index contributed by atoms with van der Waals surface area (Å²) >= 11 is 1.75. The Bertz CT molecular complexity index is 1380. The van der Waals surface area contributed by atoms with Gasteiger partial charge in [-0.15, -0.1) is 0 Å². The first-order valence-electron chi connectivity index (χ1n) is 10.5. The van der Waals surface area contributed by atoms with Crippen molar-refractivity contribution in [3.8, 4) is 11.1 Å². The number of hydrogen-bond donors (Lipinski definition) is 1. The van der Waals surface area contributed by atoms with Crippen molar-refractivity contribution in [2.45, 2.75) is 12.3 Å². The molecule has 0 aliphatic rings. The Morgan fingerprint density at radius 2 is 1.84 bits per heavy atom. The summed E-state index contributed by atoms with van der Waals surface area (Å²) in [4.78, 5) is 21.0. The molecule has 0 fully saturated rings. The Morgan fingerprint density at radius 3 is 2.69 bits per heavy atom. The number of hydrogen-bond acceptors (Lipinski definition) is 3. The van der Waals surface area contributed by atoms with E-state index in [-0.39, 0.29) is 5.78 Å². The highest BCUT2D eigenvalue weighted by Crippen LogP contribution is 2.33. The fourth-order valence-electron chi connectivity index (χ4n) is 4.15. The van der Waals surface area contributed by atoms with Gasteiger partial charge in [-0.2, -0.15) is 11.8 Å². The molecule has 0 saturated carbocycles. The fraction of sp³-hybridized carbons (Fsp3) is 0.111. The van der Waals surface area contributed by atoms with Crippen LogP contribution in [0.2, 0.25) is 0 Å². The fourth-order valence-corrected chi connectivity index (χ4v) is 4.66. The van der Waals surface area contributed by atoms with Crippen LogP contribution >= 0.6 is 11.8 Å². The van der Waals surface area contributed by atoms with Crippen molar-refractivity contribution in [1.29, 1.82) is 0 Å². The van der Waals surface area contributed by atoms with E-state index in [1.165, 1.54) is 0 Å². The van der Waals surface area contributed by atoms with Gasteiger partial charge in [0.1, 0.15) is 0 Å². The zero-order valence-corrected chi connectivity index (χ0v) is 18.6. The first kappa shape index (κ1) is 20.3. The van der Waals surface area contributed by atoms with Gasteiger partial charge < -0.3 is 9.55 Å². The summed E-state index contributed by atoms with van der Waals surface area (Å²) < 4.78 is 2.06. The van der Waals surface area contributed by atoms with Crippen LogP contribution in [0.5, 0.6) is 0 Å². The molecular formula is C27H23N3OS. The van der Waals surface area contributed by atoms with E-state index in [4.69, 9.17) is 0 Å². The van der Waals surface area contributed by atoms with Gasteiger partial charge >= 0.3 is 0 Å². The smallest absolute Gasteiger partial charge is 0.195 e. The standard InChI is InChI=1S/C27H23N3OS/c1-32-17-19-6-4-9-21(12-19)27(31)26-16-30(14-22-13-28-18-29-22)15-25(26)24-11-5-8-20-7-2-3-10-23(20)24/h2-13,15-16,18H,14,17H2,1H3,(H,28,29). The van der Waals surface area contributed by atoms with Crippen LogP contribution in [-0.4, -0.2) is 26.6 Å². The van der Waals surface area contributed by atoms with Crippen molar-refractivity contribution in [2.75, 3.05) is 6.26 Å². The number of carbonyl (C=O) groups is 1. The molecule has 1 N–H and O–H groups in total. The van der Waals surface area contributed by atoms with E-state index in [0.29, 0.717) is 12.1 Å². The van der Waals surface area contributed by atoms with Crippen molar-refractivity contribution < 1.29 is 4.79 Å². The van der Waals surface area contributed by atoms with Gasteiger partial charge in [-0.25, -0.2) is 4.98 Å². The van der Waals surface area contributed by atoms with E-state index in [2.05, 4.69) is 63.4 Å². The number of thioether (sulfide) groups is 1. The molecule has 0 saturated heterocycles. The number of rotatable bonds is 7. The third-order valence-corrected chi connectivity index (χ3v) is 6.23. The van der Waals surface area contributed by atoms with Crippen molar-refractivity contribution in [3.05, 3.63) is 114 Å². The summed E-state index contributed by atoms with van der Waals surface area (Å²) in [6.45, 7) is 0.623. The second kappa shape index (κ2) is 8.89. The quantitative estimate of drug-likeness (QED) is 0.310. The minimum atomic E-state index is 0.0410. The predicted molar refractivity (Wildman–Crippen MR) is 132 cm³/mol. The Labute approximate surface area is 191 Å². The summed E-state index contributed by atoms with van der Waals surface area (Å²) in [6, 6.07) is 22.5. The van der Waals surface area contributed by atoms with Crippen molar-refractivity contribution >= 4 is 28.3 Å². The highest BCUT2D eigenvalue weighted by molar-refractivity contribution is 7.97. The van der Waals surface area contributed by atoms with Gasteiger partial charge in [0.15, 0.2) is 5.78 Å². The maximum absolute atomic E-state index is 13.7. The van der Waals surface area contributed by atoms with Gasteiger partial charge in [-0.05, 0) is 34.2 Å². The van der Waals surface area contributed by atoms with E-state index in [9.17, 15) is 4.79 Å². The molecule has 5 heteroatoms. The zero-order chi connectivity index (χ0) is 21.9. The molecule has 5 rings (SSSR count). The Morgan fingerprint density at radius 1 is 1.00 bits per heavy atom. The lowest BCUT2D eigenvalue weighted by molar-refractivity contribution is 0.103. The lowest BCUT2D eigenvalue weighted by Gasteiger charge is -2.08. The minimum absolute atomic E-state index is 0.0410. The number of aromatic nitrogens is 3. The molecule has 4 nitrogen and oxygen atoms in total. The maximum Gasteiger partial charge on any atom is 0.195 e. The Hall–Kier alpha value is -3.57. The molecule has 0 amide bonds. The highest BCUT2D eigenvalue weighted by atomic mass is 32.2. The third kappa shape index (κ3) is 3.99. The van der Waals surface area contributed by atoms with Gasteiger partial charge in [0, 0.05) is 41.0 Å². The van der Waals surface area contributed by atoms with E-state index in [1.54, 1.807) is 18.1 Å². The number of benzene rings is 3. The number of nitrogens with zero attached hydrogens (tertiary/aromatic N) is 2. The molecule has 0 aliphatic heterocycles. The largest absolute Gasteiger partial charge is 0.347 e. The second-order valence-corrected chi connectivity index (χ2v) is 8.69. The van der Waals surface area contributed by atoms with E-state index < -0.39 is 0 Å². The summed E-state index contributed by atoms with van der Waals surface area (Å²) in [5.74, 6) is 0.928. The average molecular weight is 438 g/mol. The number of H-pyrrole nitrogens is 1. The SMILES string of the molecule is CSCc1cccc(C(=O)c2cn(Cc3cnc[nH]3)cc2-c2cccc3ccccc23)c1.